The lowest BCUT2D eigenvalue weighted by Gasteiger charge is -2.39. The molecule has 1 saturated heterocycles. The van der Waals surface area contributed by atoms with E-state index in [1.54, 1.807) is 0 Å². The number of rotatable bonds is 5. The smallest absolute Gasteiger partial charge is 0.121 e. The van der Waals surface area contributed by atoms with Gasteiger partial charge < -0.3 is 15.2 Å². The summed E-state index contributed by atoms with van der Waals surface area (Å²) in [5.41, 5.74) is 2.75. The van der Waals surface area contributed by atoms with Crippen LogP contribution in [0.1, 0.15) is 11.1 Å². The SMILES string of the molecule is O[C@](Cc1ccccc1-c1ccccc1Cl)(c1ccccc1)[C@@H]1CNCCO1. The van der Waals surface area contributed by atoms with Crippen LogP contribution in [0.25, 0.3) is 11.1 Å². The van der Waals surface area contributed by atoms with Gasteiger partial charge in [0, 0.05) is 30.1 Å². The Labute approximate surface area is 170 Å². The minimum absolute atomic E-state index is 0.331. The summed E-state index contributed by atoms with van der Waals surface area (Å²) < 4.78 is 6.00. The van der Waals surface area contributed by atoms with Crippen molar-refractivity contribution in [3.05, 3.63) is 95.0 Å². The lowest BCUT2D eigenvalue weighted by molar-refractivity contribution is -0.124. The molecule has 3 nitrogen and oxygen atoms in total. The average Bonchev–Trinajstić information content (AvgIpc) is 2.76. The van der Waals surface area contributed by atoms with Crippen LogP contribution in [-0.4, -0.2) is 30.9 Å². The normalized spacial score (nSPS) is 19.1. The molecule has 0 aromatic heterocycles. The van der Waals surface area contributed by atoms with Crippen molar-refractivity contribution in [1.82, 2.24) is 5.32 Å². The standard InChI is InChI=1S/C24H24ClNO2/c25-22-13-7-6-12-21(22)20-11-5-4-8-18(20)16-24(27,19-9-2-1-3-10-19)23-17-26-14-15-28-23/h1-13,23,26-27H,14-17H2/t23-,24+/m0/s1. The third-order valence-corrected chi connectivity index (χ3v) is 5.70. The van der Waals surface area contributed by atoms with E-state index in [1.807, 2.05) is 66.7 Å². The summed E-state index contributed by atoms with van der Waals surface area (Å²) in [5.74, 6) is 0. The van der Waals surface area contributed by atoms with E-state index in [-0.39, 0.29) is 6.10 Å². The van der Waals surface area contributed by atoms with Crippen molar-refractivity contribution in [1.29, 1.82) is 0 Å². The van der Waals surface area contributed by atoms with E-state index in [9.17, 15) is 5.11 Å². The number of hydrogen-bond acceptors (Lipinski definition) is 3. The van der Waals surface area contributed by atoms with Crippen molar-refractivity contribution < 1.29 is 9.84 Å². The summed E-state index contributed by atoms with van der Waals surface area (Å²) in [5, 5.41) is 16.0. The van der Waals surface area contributed by atoms with E-state index in [4.69, 9.17) is 16.3 Å². The van der Waals surface area contributed by atoms with Crippen molar-refractivity contribution in [3.63, 3.8) is 0 Å². The lowest BCUT2D eigenvalue weighted by Crippen LogP contribution is -2.52. The maximum absolute atomic E-state index is 11.9. The lowest BCUT2D eigenvalue weighted by atomic mass is 9.80. The molecule has 0 bridgehead atoms. The van der Waals surface area contributed by atoms with Gasteiger partial charge in [-0.05, 0) is 22.8 Å². The second-order valence-corrected chi connectivity index (χ2v) is 7.57. The summed E-state index contributed by atoms with van der Waals surface area (Å²) in [7, 11) is 0. The van der Waals surface area contributed by atoms with Gasteiger partial charge in [-0.1, -0.05) is 84.4 Å². The van der Waals surface area contributed by atoms with Crippen LogP contribution in [0.15, 0.2) is 78.9 Å². The van der Waals surface area contributed by atoms with E-state index >= 15 is 0 Å². The Morgan fingerprint density at radius 2 is 1.61 bits per heavy atom. The molecule has 1 fully saturated rings. The van der Waals surface area contributed by atoms with Gasteiger partial charge >= 0.3 is 0 Å². The molecule has 0 aliphatic carbocycles. The van der Waals surface area contributed by atoms with Gasteiger partial charge in [0.2, 0.25) is 0 Å². The molecule has 0 radical (unpaired) electrons. The second-order valence-electron chi connectivity index (χ2n) is 7.17. The van der Waals surface area contributed by atoms with Gasteiger partial charge in [-0.25, -0.2) is 0 Å². The highest BCUT2D eigenvalue weighted by atomic mass is 35.5. The van der Waals surface area contributed by atoms with Crippen molar-refractivity contribution in [2.45, 2.75) is 18.1 Å². The molecule has 0 unspecified atom stereocenters. The first-order valence-electron chi connectivity index (χ1n) is 9.61. The van der Waals surface area contributed by atoms with Crippen LogP contribution in [0.3, 0.4) is 0 Å². The number of ether oxygens (including phenoxy) is 1. The largest absolute Gasteiger partial charge is 0.382 e. The van der Waals surface area contributed by atoms with Gasteiger partial charge in [0.25, 0.3) is 0 Å². The zero-order chi connectivity index (χ0) is 19.4. The highest BCUT2D eigenvalue weighted by Gasteiger charge is 2.40. The number of benzene rings is 3. The summed E-state index contributed by atoms with van der Waals surface area (Å²) in [6, 6.07) is 25.7. The summed E-state index contributed by atoms with van der Waals surface area (Å²) in [4.78, 5) is 0. The van der Waals surface area contributed by atoms with Gasteiger partial charge in [0.15, 0.2) is 0 Å². The minimum atomic E-state index is -1.15. The number of hydrogen-bond donors (Lipinski definition) is 2. The van der Waals surface area contributed by atoms with Crippen LogP contribution in [0.5, 0.6) is 0 Å². The molecule has 1 aliphatic rings. The zero-order valence-corrected chi connectivity index (χ0v) is 16.4. The van der Waals surface area contributed by atoms with E-state index in [1.165, 1.54) is 0 Å². The van der Waals surface area contributed by atoms with Gasteiger partial charge in [-0.2, -0.15) is 0 Å². The molecule has 3 aromatic carbocycles. The maximum Gasteiger partial charge on any atom is 0.121 e. The van der Waals surface area contributed by atoms with Crippen LogP contribution >= 0.6 is 11.6 Å². The molecule has 4 heteroatoms. The van der Waals surface area contributed by atoms with Crippen molar-refractivity contribution in [3.8, 4) is 11.1 Å². The Hall–Kier alpha value is -2.17. The van der Waals surface area contributed by atoms with E-state index in [0.29, 0.717) is 24.6 Å². The average molecular weight is 394 g/mol. The van der Waals surface area contributed by atoms with Gasteiger partial charge in [0.05, 0.1) is 6.61 Å². The zero-order valence-electron chi connectivity index (χ0n) is 15.6. The molecule has 1 aliphatic heterocycles. The molecule has 28 heavy (non-hydrogen) atoms. The quantitative estimate of drug-likeness (QED) is 0.674. The molecule has 2 atom stereocenters. The summed E-state index contributed by atoms with van der Waals surface area (Å²) >= 11 is 6.47. The van der Waals surface area contributed by atoms with Crippen molar-refractivity contribution in [2.75, 3.05) is 19.7 Å². The molecule has 1 heterocycles. The van der Waals surface area contributed by atoms with E-state index < -0.39 is 5.60 Å². The van der Waals surface area contributed by atoms with Crippen LogP contribution < -0.4 is 5.32 Å². The van der Waals surface area contributed by atoms with E-state index in [2.05, 4.69) is 17.4 Å². The van der Waals surface area contributed by atoms with Gasteiger partial charge in [-0.15, -0.1) is 0 Å². The van der Waals surface area contributed by atoms with Crippen LogP contribution in [0.2, 0.25) is 5.02 Å². The monoisotopic (exact) mass is 393 g/mol. The summed E-state index contributed by atoms with van der Waals surface area (Å²) in [6.45, 7) is 2.00. The Kier molecular flexibility index (Phi) is 5.79. The Bertz CT molecular complexity index is 925. The predicted octanol–water partition coefficient (Wildman–Crippen LogP) is 4.43. The molecule has 3 aromatic rings. The predicted molar refractivity (Wildman–Crippen MR) is 114 cm³/mol. The molecule has 0 amide bonds. The Balaban J connectivity index is 1.77. The molecule has 0 saturated carbocycles. The first kappa shape index (κ1) is 19.2. The van der Waals surface area contributed by atoms with Crippen LogP contribution in [0.4, 0.5) is 0 Å². The summed E-state index contributed by atoms with van der Waals surface area (Å²) in [6.07, 6.45) is 0.105. The highest BCUT2D eigenvalue weighted by molar-refractivity contribution is 6.33. The molecule has 0 spiro atoms. The number of aliphatic hydroxyl groups is 1. The fourth-order valence-corrected chi connectivity index (χ4v) is 4.15. The fourth-order valence-electron chi connectivity index (χ4n) is 3.91. The first-order valence-corrected chi connectivity index (χ1v) is 9.99. The van der Waals surface area contributed by atoms with Gasteiger partial charge in [-0.3, -0.25) is 0 Å². The van der Waals surface area contributed by atoms with Crippen molar-refractivity contribution >= 4 is 11.6 Å². The molecular weight excluding hydrogens is 370 g/mol. The van der Waals surface area contributed by atoms with Crippen molar-refractivity contribution in [2.24, 2.45) is 0 Å². The molecular formula is C24H24ClNO2. The number of halogens is 1. The number of morpholine rings is 1. The third-order valence-electron chi connectivity index (χ3n) is 5.38. The topological polar surface area (TPSA) is 41.5 Å². The molecule has 144 valence electrons. The second kappa shape index (κ2) is 8.46. The number of nitrogens with one attached hydrogen (secondary N) is 1. The van der Waals surface area contributed by atoms with Crippen LogP contribution in [-0.2, 0) is 16.8 Å². The molecule has 4 rings (SSSR count). The fraction of sp³-hybridized carbons (Fsp3) is 0.250. The van der Waals surface area contributed by atoms with Gasteiger partial charge in [0.1, 0.15) is 11.7 Å². The van der Waals surface area contributed by atoms with Crippen LogP contribution in [0, 0.1) is 0 Å². The Morgan fingerprint density at radius 1 is 0.929 bits per heavy atom. The third kappa shape index (κ3) is 3.85. The van der Waals surface area contributed by atoms with E-state index in [0.717, 1.165) is 28.8 Å². The molecule has 2 N–H and O–H groups in total. The highest BCUT2D eigenvalue weighted by Crippen LogP contribution is 2.37. The Morgan fingerprint density at radius 3 is 2.32 bits per heavy atom. The first-order chi connectivity index (χ1) is 13.7. The maximum atomic E-state index is 11.9. The minimum Gasteiger partial charge on any atom is -0.382 e.